The highest BCUT2D eigenvalue weighted by Gasteiger charge is 2.70. The minimum atomic E-state index is -1.95. The van der Waals surface area contributed by atoms with Crippen molar-refractivity contribution in [2.24, 2.45) is 17.8 Å². The van der Waals surface area contributed by atoms with Gasteiger partial charge in [-0.25, -0.2) is 4.79 Å². The molecule has 1 saturated heterocycles. The molecule has 3 aliphatic carbocycles. The fraction of sp³-hybridized carbons (Fsp3) is 0.647. The van der Waals surface area contributed by atoms with Gasteiger partial charge in [0.05, 0.1) is 31.6 Å². The number of aromatic nitrogens is 1. The van der Waals surface area contributed by atoms with Crippen LogP contribution in [0.2, 0.25) is 0 Å². The number of esters is 1. The predicted molar refractivity (Wildman–Crippen MR) is 163 cm³/mol. The summed E-state index contributed by atoms with van der Waals surface area (Å²) >= 11 is 0. The van der Waals surface area contributed by atoms with Crippen LogP contribution in [0.1, 0.15) is 70.4 Å². The zero-order chi connectivity index (χ0) is 33.0. The van der Waals surface area contributed by atoms with Crippen LogP contribution in [0.25, 0.3) is 11.3 Å². The Morgan fingerprint density at radius 2 is 2.02 bits per heavy atom. The van der Waals surface area contributed by atoms with E-state index in [4.69, 9.17) is 18.9 Å². The largest absolute Gasteiger partial charge is 0.481 e. The van der Waals surface area contributed by atoms with Gasteiger partial charge in [-0.3, -0.25) is 4.79 Å². The van der Waals surface area contributed by atoms with Gasteiger partial charge in [0.2, 0.25) is 0 Å². The fourth-order valence-corrected chi connectivity index (χ4v) is 8.26. The molecule has 4 bridgehead atoms. The topological polar surface area (TPSA) is 188 Å². The third-order valence-electron chi connectivity index (χ3n) is 10.6. The van der Waals surface area contributed by atoms with Gasteiger partial charge in [0.1, 0.15) is 23.6 Å². The summed E-state index contributed by atoms with van der Waals surface area (Å²) in [5.41, 5.74) is -1.60. The fourth-order valence-electron chi connectivity index (χ4n) is 8.26. The number of aliphatic carboxylic acids is 1. The Morgan fingerprint density at radius 1 is 1.24 bits per heavy atom. The summed E-state index contributed by atoms with van der Waals surface area (Å²) in [7, 11) is 1.26. The number of rotatable bonds is 10. The summed E-state index contributed by atoms with van der Waals surface area (Å²) < 4.78 is 24.7. The van der Waals surface area contributed by atoms with Gasteiger partial charge in [-0.05, 0) is 49.7 Å². The third-order valence-corrected chi connectivity index (χ3v) is 10.6. The monoisotopic (exact) mass is 643 g/mol. The summed E-state index contributed by atoms with van der Waals surface area (Å²) in [4.78, 5) is 28.1. The molecule has 3 heterocycles. The van der Waals surface area contributed by atoms with E-state index in [1.165, 1.54) is 7.11 Å². The minimum absolute atomic E-state index is 0.0704. The molecule has 0 radical (unpaired) electrons. The summed E-state index contributed by atoms with van der Waals surface area (Å²) in [6.45, 7) is 3.50. The molecule has 1 spiro atoms. The molecule has 252 valence electrons. The van der Waals surface area contributed by atoms with Crippen molar-refractivity contribution in [2.75, 3.05) is 20.3 Å². The molecule has 12 nitrogen and oxygen atoms in total. The number of hydrogen-bond donors (Lipinski definition) is 6. The van der Waals surface area contributed by atoms with E-state index in [1.54, 1.807) is 6.08 Å². The van der Waals surface area contributed by atoms with E-state index in [-0.39, 0.29) is 36.9 Å². The number of carboxylic acids is 1. The van der Waals surface area contributed by atoms with Gasteiger partial charge < -0.3 is 49.5 Å². The average Bonchev–Trinajstić information content (AvgIpc) is 3.42. The molecule has 2 fully saturated rings. The number of nitrogens with one attached hydrogen (secondary N) is 1. The van der Waals surface area contributed by atoms with E-state index in [0.29, 0.717) is 37.9 Å². The highest BCUT2D eigenvalue weighted by atomic mass is 16.7. The van der Waals surface area contributed by atoms with Crippen molar-refractivity contribution in [1.82, 2.24) is 4.98 Å². The van der Waals surface area contributed by atoms with Crippen molar-refractivity contribution in [3.63, 3.8) is 0 Å². The highest BCUT2D eigenvalue weighted by molar-refractivity contribution is 5.90. The number of aliphatic hydroxyl groups excluding tert-OH is 3. The van der Waals surface area contributed by atoms with Gasteiger partial charge in [-0.15, -0.1) is 0 Å². The van der Waals surface area contributed by atoms with Crippen molar-refractivity contribution < 1.29 is 54.1 Å². The predicted octanol–water partition coefficient (Wildman–Crippen LogP) is 0.713. The maximum atomic E-state index is 12.8. The molecule has 1 aromatic heterocycles. The van der Waals surface area contributed by atoms with Crippen molar-refractivity contribution in [1.29, 1.82) is 0 Å². The molecule has 6 N–H and O–H groups in total. The van der Waals surface area contributed by atoms with E-state index < -0.39 is 66.2 Å². The number of hydrogen-bond acceptors (Lipinski definition) is 10. The molecule has 46 heavy (non-hydrogen) atoms. The normalized spacial score (nSPS) is 36.3. The lowest BCUT2D eigenvalue weighted by molar-refractivity contribution is -0.375. The lowest BCUT2D eigenvalue weighted by atomic mass is 9.63. The number of H-pyrrole nitrogens is 1. The molecule has 1 aromatic rings. The lowest BCUT2D eigenvalue weighted by Gasteiger charge is -2.60. The van der Waals surface area contributed by atoms with Crippen LogP contribution in [0, 0.1) is 17.8 Å². The first kappa shape index (κ1) is 32.9. The zero-order valence-electron chi connectivity index (χ0n) is 26.5. The molecule has 1 saturated carbocycles. The van der Waals surface area contributed by atoms with Crippen LogP contribution in [-0.4, -0.2) is 98.6 Å². The van der Waals surface area contributed by atoms with Crippen molar-refractivity contribution in [3.05, 3.63) is 46.1 Å². The number of carbonyl (C=O) groups excluding carboxylic acids is 1. The number of aliphatic hydroxyl groups is 4. The maximum Gasteiger partial charge on any atom is 0.333 e. The van der Waals surface area contributed by atoms with Gasteiger partial charge in [0, 0.05) is 47.3 Å². The van der Waals surface area contributed by atoms with Gasteiger partial charge in [0.15, 0.2) is 11.9 Å². The Labute approximate surface area is 267 Å². The van der Waals surface area contributed by atoms with Crippen LogP contribution in [0.3, 0.4) is 0 Å². The van der Waals surface area contributed by atoms with E-state index >= 15 is 0 Å². The Morgan fingerprint density at radius 3 is 2.70 bits per heavy atom. The third kappa shape index (κ3) is 5.14. The number of allylic oxidation sites excluding steroid dienone is 1. The number of aromatic amines is 1. The van der Waals surface area contributed by atoms with Gasteiger partial charge in [-0.2, -0.15) is 0 Å². The second-order valence-corrected chi connectivity index (χ2v) is 13.5. The molecule has 2 aliphatic heterocycles. The van der Waals surface area contributed by atoms with Crippen molar-refractivity contribution >= 4 is 23.3 Å². The molecule has 9 unspecified atom stereocenters. The van der Waals surface area contributed by atoms with E-state index in [1.807, 2.05) is 18.2 Å². The molecule has 9 atom stereocenters. The quantitative estimate of drug-likeness (QED) is 0.156. The number of ether oxygens (including phenoxy) is 4. The zero-order valence-corrected chi connectivity index (χ0v) is 26.5. The van der Waals surface area contributed by atoms with Crippen LogP contribution in [0.4, 0.5) is 0 Å². The van der Waals surface area contributed by atoms with Gasteiger partial charge in [0.25, 0.3) is 0 Å². The Bertz CT molecular complexity index is 1540. The van der Waals surface area contributed by atoms with Gasteiger partial charge >= 0.3 is 11.9 Å². The first-order chi connectivity index (χ1) is 22.0. The Balaban J connectivity index is 1.40. The van der Waals surface area contributed by atoms with Crippen molar-refractivity contribution in [2.45, 2.75) is 101 Å². The molecule has 12 heteroatoms. The molecule has 5 aliphatic rings. The van der Waals surface area contributed by atoms with E-state index in [9.17, 15) is 35.1 Å². The van der Waals surface area contributed by atoms with Crippen LogP contribution in [0.15, 0.2) is 29.9 Å². The number of fused-ring (bicyclic) bond motifs is 4. The second-order valence-electron chi connectivity index (χ2n) is 13.5. The van der Waals surface area contributed by atoms with E-state index in [0.717, 1.165) is 21.8 Å². The van der Waals surface area contributed by atoms with Crippen LogP contribution in [-0.2, 0) is 28.5 Å². The smallest absolute Gasteiger partial charge is 0.333 e. The molecular formula is C34H45NO11. The van der Waals surface area contributed by atoms with E-state index in [2.05, 4.69) is 18.8 Å². The summed E-state index contributed by atoms with van der Waals surface area (Å²) in [5, 5.41) is 56.2. The van der Waals surface area contributed by atoms with Crippen LogP contribution in [0.5, 0.6) is 0 Å². The number of carboxylic acid groups (broad SMARTS) is 1. The number of methoxy groups -OCH3 is 1. The second kappa shape index (κ2) is 12.6. The molecular weight excluding hydrogens is 598 g/mol. The lowest BCUT2D eigenvalue weighted by Crippen LogP contribution is -2.78. The highest BCUT2D eigenvalue weighted by Crippen LogP contribution is 2.54. The molecule has 0 aromatic carbocycles. The summed E-state index contributed by atoms with van der Waals surface area (Å²) in [6, 6.07) is 2.03. The maximum absolute atomic E-state index is 12.8. The molecule has 0 amide bonds. The Kier molecular flexibility index (Phi) is 8.98. The minimum Gasteiger partial charge on any atom is -0.481 e. The average molecular weight is 644 g/mol. The summed E-state index contributed by atoms with van der Waals surface area (Å²) in [6.07, 6.45) is 2.85. The first-order valence-corrected chi connectivity index (χ1v) is 16.3. The van der Waals surface area contributed by atoms with Crippen LogP contribution < -0.4 is 10.6 Å². The Hall–Kier alpha value is -3.00. The summed E-state index contributed by atoms with van der Waals surface area (Å²) in [5.74, 6) is -2.63. The number of carbonyl (C=O) groups is 2. The SMILES string of the molecule is COC(=O)C1=CC2CCC=CC(C1CC(=O)O)C2OC1OC(CO)C23OC(CCCO)=c4[nH]c(C(C)C)cc4=C2CCC1(O)C3O. The van der Waals surface area contributed by atoms with Gasteiger partial charge in [-0.1, -0.05) is 32.1 Å². The molecule has 6 rings (SSSR count). The van der Waals surface area contributed by atoms with Crippen molar-refractivity contribution in [3.8, 4) is 0 Å². The van der Waals surface area contributed by atoms with Crippen LogP contribution >= 0.6 is 0 Å². The standard InChI is InChI=1S/C34H45NO11/c1-17(2)24-14-22-23-10-11-33(42)31(41)34(23,46-25(9-6-12-36)28(22)35-24)26(16-37)44-32(33)45-29-18-7-4-5-8-19(29)20(15-27(38)39)21(13-18)30(40)43-3/h5,8,13-14,17-20,26,29,31-32,35-37,41-42H,4,6-7,9-12,15-16H2,1-3H3,(H,38,39). The first-order valence-electron chi connectivity index (χ1n) is 16.3.